The van der Waals surface area contributed by atoms with Crippen molar-refractivity contribution in [3.63, 3.8) is 0 Å². The summed E-state index contributed by atoms with van der Waals surface area (Å²) in [5.74, 6) is 1.92. The van der Waals surface area contributed by atoms with Gasteiger partial charge in [0, 0.05) is 29.7 Å². The lowest BCUT2D eigenvalue weighted by atomic mass is 9.99. The zero-order valence-corrected chi connectivity index (χ0v) is 23.5. The SMILES string of the molecule is CCCc1c(CCNC(=O)OC(C)(C)C)cccc1OCCCSc1ccc(OC(=O)CC)cc1Cl. The summed E-state index contributed by atoms with van der Waals surface area (Å²) in [6, 6.07) is 11.4. The van der Waals surface area contributed by atoms with Crippen molar-refractivity contribution in [2.45, 2.75) is 77.2 Å². The van der Waals surface area contributed by atoms with Crippen molar-refractivity contribution in [1.82, 2.24) is 5.32 Å². The van der Waals surface area contributed by atoms with Crippen LogP contribution in [0, 0.1) is 0 Å². The molecule has 0 fully saturated rings. The van der Waals surface area contributed by atoms with E-state index in [1.807, 2.05) is 39.0 Å². The van der Waals surface area contributed by atoms with Gasteiger partial charge in [-0.25, -0.2) is 4.79 Å². The first-order chi connectivity index (χ1) is 17.1. The third-order valence-electron chi connectivity index (χ3n) is 5.02. The summed E-state index contributed by atoms with van der Waals surface area (Å²) in [7, 11) is 0. The normalized spacial score (nSPS) is 11.2. The average Bonchev–Trinajstić information content (AvgIpc) is 2.80. The van der Waals surface area contributed by atoms with E-state index in [0.29, 0.717) is 36.8 Å². The molecule has 0 aliphatic heterocycles. The van der Waals surface area contributed by atoms with Crippen LogP contribution in [0.1, 0.15) is 65.0 Å². The topological polar surface area (TPSA) is 73.9 Å². The number of carbonyl (C=O) groups is 2. The lowest BCUT2D eigenvalue weighted by Crippen LogP contribution is -2.33. The molecule has 0 saturated heterocycles. The van der Waals surface area contributed by atoms with Crippen molar-refractivity contribution in [2.75, 3.05) is 18.9 Å². The molecular weight excluding hydrogens is 498 g/mol. The maximum Gasteiger partial charge on any atom is 0.407 e. The number of thioether (sulfide) groups is 1. The minimum atomic E-state index is -0.512. The second-order valence-corrected chi connectivity index (χ2v) is 10.8. The first-order valence-corrected chi connectivity index (χ1v) is 13.8. The van der Waals surface area contributed by atoms with E-state index in [1.165, 1.54) is 11.1 Å². The van der Waals surface area contributed by atoms with E-state index in [2.05, 4.69) is 18.3 Å². The number of halogens is 1. The van der Waals surface area contributed by atoms with E-state index in [4.69, 9.17) is 25.8 Å². The van der Waals surface area contributed by atoms with E-state index in [1.54, 1.807) is 30.8 Å². The van der Waals surface area contributed by atoms with Gasteiger partial charge in [0.25, 0.3) is 0 Å². The second-order valence-electron chi connectivity index (χ2n) is 9.29. The molecule has 0 aliphatic rings. The molecule has 1 amide bonds. The number of amides is 1. The zero-order chi connectivity index (χ0) is 26.6. The summed E-state index contributed by atoms with van der Waals surface area (Å²) in [4.78, 5) is 24.3. The molecule has 0 aromatic heterocycles. The van der Waals surface area contributed by atoms with Crippen LogP contribution < -0.4 is 14.8 Å². The predicted octanol–water partition coefficient (Wildman–Crippen LogP) is 7.24. The Balaban J connectivity index is 1.85. The van der Waals surface area contributed by atoms with E-state index < -0.39 is 11.7 Å². The number of nitrogens with one attached hydrogen (secondary N) is 1. The molecule has 2 aromatic carbocycles. The number of benzene rings is 2. The van der Waals surface area contributed by atoms with Gasteiger partial charge in [-0.15, -0.1) is 11.8 Å². The lowest BCUT2D eigenvalue weighted by molar-refractivity contribution is -0.134. The van der Waals surface area contributed by atoms with Crippen molar-refractivity contribution in [2.24, 2.45) is 0 Å². The van der Waals surface area contributed by atoms with Crippen molar-refractivity contribution < 1.29 is 23.8 Å². The third kappa shape index (κ3) is 10.7. The third-order valence-corrected chi connectivity index (χ3v) is 6.60. The largest absolute Gasteiger partial charge is 0.493 e. The molecule has 8 heteroatoms. The van der Waals surface area contributed by atoms with Gasteiger partial charge in [0.05, 0.1) is 11.6 Å². The summed E-state index contributed by atoms with van der Waals surface area (Å²) in [6.07, 6.45) is 3.40. The highest BCUT2D eigenvalue weighted by molar-refractivity contribution is 7.99. The van der Waals surface area contributed by atoms with Crippen LogP contribution >= 0.6 is 23.4 Å². The monoisotopic (exact) mass is 535 g/mol. The zero-order valence-electron chi connectivity index (χ0n) is 21.9. The Morgan fingerprint density at radius 1 is 1.08 bits per heavy atom. The summed E-state index contributed by atoms with van der Waals surface area (Å²) in [6.45, 7) is 10.5. The maximum absolute atomic E-state index is 11.9. The van der Waals surface area contributed by atoms with Crippen LogP contribution in [0.25, 0.3) is 0 Å². The molecule has 6 nitrogen and oxygen atoms in total. The minimum Gasteiger partial charge on any atom is -0.493 e. The fraction of sp³-hybridized carbons (Fsp3) is 0.500. The molecule has 0 atom stereocenters. The number of ether oxygens (including phenoxy) is 3. The Hall–Kier alpha value is -2.38. The standard InChI is InChI=1S/C28H38ClNO5S/c1-6-10-22-20(15-16-30-27(32)35-28(3,4)5)11-8-12-24(22)33-17-9-18-36-25-14-13-21(19-23(25)29)34-26(31)7-2/h8,11-14,19H,6-7,9-10,15-18H2,1-5H3,(H,30,32). The van der Waals surface area contributed by atoms with Gasteiger partial charge in [-0.05, 0) is 69.4 Å². The van der Waals surface area contributed by atoms with Gasteiger partial charge in [-0.3, -0.25) is 4.79 Å². The molecule has 2 rings (SSSR count). The number of hydrogen-bond acceptors (Lipinski definition) is 6. The van der Waals surface area contributed by atoms with Gasteiger partial charge >= 0.3 is 12.1 Å². The Kier molecular flexibility index (Phi) is 12.4. The number of rotatable bonds is 13. The van der Waals surface area contributed by atoms with Crippen LogP contribution in [0.4, 0.5) is 4.79 Å². The Bertz CT molecular complexity index is 1010. The maximum atomic E-state index is 11.9. The molecule has 0 aliphatic carbocycles. The Labute approximate surface area is 224 Å². The fourth-order valence-corrected chi connectivity index (χ4v) is 4.59. The summed E-state index contributed by atoms with van der Waals surface area (Å²) < 4.78 is 16.7. The first kappa shape index (κ1) is 29.8. The van der Waals surface area contributed by atoms with Crippen molar-refractivity contribution in [3.8, 4) is 11.5 Å². The van der Waals surface area contributed by atoms with Crippen LogP contribution in [0.5, 0.6) is 11.5 Å². The summed E-state index contributed by atoms with van der Waals surface area (Å²) >= 11 is 8.00. The number of alkyl carbamates (subject to hydrolysis) is 1. The summed E-state index contributed by atoms with van der Waals surface area (Å²) in [5, 5.41) is 3.40. The first-order valence-electron chi connectivity index (χ1n) is 12.5. The number of carbonyl (C=O) groups excluding carboxylic acids is 2. The highest BCUT2D eigenvalue weighted by Crippen LogP contribution is 2.31. The van der Waals surface area contributed by atoms with Crippen LogP contribution in [-0.4, -0.2) is 36.6 Å². The number of esters is 1. The van der Waals surface area contributed by atoms with Gasteiger partial charge in [0.15, 0.2) is 0 Å². The Morgan fingerprint density at radius 3 is 2.53 bits per heavy atom. The molecule has 0 unspecified atom stereocenters. The minimum absolute atomic E-state index is 0.283. The second kappa shape index (κ2) is 15.0. The molecular formula is C28H38ClNO5S. The quantitative estimate of drug-likeness (QED) is 0.126. The highest BCUT2D eigenvalue weighted by atomic mass is 35.5. The van der Waals surface area contributed by atoms with Crippen molar-refractivity contribution in [1.29, 1.82) is 0 Å². The van der Waals surface area contributed by atoms with Crippen molar-refractivity contribution >= 4 is 35.4 Å². The summed E-state index contributed by atoms with van der Waals surface area (Å²) in [5.41, 5.74) is 1.86. The van der Waals surface area contributed by atoms with Gasteiger partial charge in [-0.2, -0.15) is 0 Å². The van der Waals surface area contributed by atoms with Gasteiger partial charge in [-0.1, -0.05) is 44.0 Å². The van der Waals surface area contributed by atoms with Crippen molar-refractivity contribution in [3.05, 3.63) is 52.5 Å². The van der Waals surface area contributed by atoms with Gasteiger partial charge < -0.3 is 19.5 Å². The molecule has 0 saturated carbocycles. The van der Waals surface area contributed by atoms with Crippen LogP contribution in [0.15, 0.2) is 41.3 Å². The molecule has 2 aromatic rings. The smallest absolute Gasteiger partial charge is 0.407 e. The van der Waals surface area contributed by atoms with Crippen LogP contribution in [0.3, 0.4) is 0 Å². The molecule has 198 valence electrons. The van der Waals surface area contributed by atoms with Crippen LogP contribution in [-0.2, 0) is 22.4 Å². The van der Waals surface area contributed by atoms with Gasteiger partial charge in [0.2, 0.25) is 0 Å². The predicted molar refractivity (Wildman–Crippen MR) is 147 cm³/mol. The van der Waals surface area contributed by atoms with Gasteiger partial charge in [0.1, 0.15) is 17.1 Å². The molecule has 0 bridgehead atoms. The van der Waals surface area contributed by atoms with E-state index in [9.17, 15) is 9.59 Å². The lowest BCUT2D eigenvalue weighted by Gasteiger charge is -2.20. The van der Waals surface area contributed by atoms with E-state index in [0.717, 1.165) is 35.7 Å². The van der Waals surface area contributed by atoms with Crippen LogP contribution in [0.2, 0.25) is 5.02 Å². The molecule has 1 N–H and O–H groups in total. The van der Waals surface area contributed by atoms with E-state index >= 15 is 0 Å². The number of hydrogen-bond donors (Lipinski definition) is 1. The molecule has 0 spiro atoms. The Morgan fingerprint density at radius 2 is 1.86 bits per heavy atom. The highest BCUT2D eigenvalue weighted by Gasteiger charge is 2.16. The molecule has 36 heavy (non-hydrogen) atoms. The molecule has 0 radical (unpaired) electrons. The molecule has 0 heterocycles. The van der Waals surface area contributed by atoms with E-state index in [-0.39, 0.29) is 5.97 Å². The fourth-order valence-electron chi connectivity index (χ4n) is 3.42. The average molecular weight is 536 g/mol.